The molecule has 2 unspecified atom stereocenters. The number of amides is 1. The van der Waals surface area contributed by atoms with Gasteiger partial charge in [-0.05, 0) is 32.6 Å². The van der Waals surface area contributed by atoms with E-state index in [1.807, 2.05) is 17.9 Å². The Bertz CT molecular complexity index is 827. The van der Waals surface area contributed by atoms with Gasteiger partial charge >= 0.3 is 0 Å². The zero-order valence-electron chi connectivity index (χ0n) is 15.7. The van der Waals surface area contributed by atoms with Crippen LogP contribution in [0, 0.1) is 19.8 Å². The minimum absolute atomic E-state index is 0.0161. The number of nitrogens with zero attached hydrogens (tertiary/aromatic N) is 4. The quantitative estimate of drug-likeness (QED) is 0.908. The van der Waals surface area contributed by atoms with E-state index in [0.717, 1.165) is 30.9 Å². The van der Waals surface area contributed by atoms with Crippen molar-refractivity contribution < 1.29 is 9.32 Å². The summed E-state index contributed by atoms with van der Waals surface area (Å²) in [5.74, 6) is 2.26. The van der Waals surface area contributed by atoms with E-state index in [2.05, 4.69) is 34.3 Å². The number of rotatable bonds is 4. The molecule has 0 spiro atoms. The van der Waals surface area contributed by atoms with E-state index in [9.17, 15) is 4.79 Å². The van der Waals surface area contributed by atoms with Gasteiger partial charge in [0.1, 0.15) is 23.5 Å². The number of carbonyl (C=O) groups excluding carboxylic acids is 1. The molecule has 2 aliphatic rings. The molecule has 0 bridgehead atoms. The highest BCUT2D eigenvalue weighted by molar-refractivity contribution is 5.96. The zero-order chi connectivity index (χ0) is 18.5. The number of carbonyl (C=O) groups is 1. The number of aromatic nitrogens is 3. The van der Waals surface area contributed by atoms with Crippen molar-refractivity contribution in [3.05, 3.63) is 35.1 Å². The lowest BCUT2D eigenvalue weighted by atomic mass is 9.69. The van der Waals surface area contributed by atoms with Gasteiger partial charge in [-0.25, -0.2) is 9.97 Å². The second-order valence-corrected chi connectivity index (χ2v) is 7.88. The minimum Gasteiger partial charge on any atom is -0.362 e. The number of likely N-dealkylation sites (tertiary alicyclic amines) is 1. The Labute approximate surface area is 153 Å². The Morgan fingerprint density at radius 1 is 1.38 bits per heavy atom. The lowest BCUT2D eigenvalue weighted by molar-refractivity contribution is 0.0784. The van der Waals surface area contributed by atoms with E-state index < -0.39 is 0 Å². The van der Waals surface area contributed by atoms with Crippen molar-refractivity contribution in [2.45, 2.75) is 52.0 Å². The average Bonchev–Trinajstić information content (AvgIpc) is 3.06. The van der Waals surface area contributed by atoms with Crippen LogP contribution in [0.15, 0.2) is 16.9 Å². The van der Waals surface area contributed by atoms with Crippen LogP contribution in [0.4, 0.5) is 5.82 Å². The Balaban J connectivity index is 1.54. The van der Waals surface area contributed by atoms with Gasteiger partial charge in [-0.15, -0.1) is 0 Å². The molecule has 1 aliphatic heterocycles. The summed E-state index contributed by atoms with van der Waals surface area (Å²) < 4.78 is 5.17. The van der Waals surface area contributed by atoms with Gasteiger partial charge in [-0.3, -0.25) is 4.79 Å². The maximum atomic E-state index is 13.0. The van der Waals surface area contributed by atoms with E-state index in [1.165, 1.54) is 0 Å². The summed E-state index contributed by atoms with van der Waals surface area (Å²) in [5, 5.41) is 7.54. The second-order valence-electron chi connectivity index (χ2n) is 7.88. The molecule has 1 aliphatic carbocycles. The summed E-state index contributed by atoms with van der Waals surface area (Å²) in [4.78, 5) is 23.6. The van der Waals surface area contributed by atoms with Gasteiger partial charge in [0.2, 0.25) is 0 Å². The van der Waals surface area contributed by atoms with Crippen LogP contribution in [0.1, 0.15) is 60.1 Å². The zero-order valence-corrected chi connectivity index (χ0v) is 15.7. The first-order valence-electron chi connectivity index (χ1n) is 9.22. The summed E-state index contributed by atoms with van der Waals surface area (Å²) in [5.41, 5.74) is 2.20. The second kappa shape index (κ2) is 6.07. The molecule has 2 atom stereocenters. The van der Waals surface area contributed by atoms with Crippen LogP contribution in [0.3, 0.4) is 0 Å². The number of aryl methyl sites for hydroxylation is 2. The smallest absolute Gasteiger partial charge is 0.259 e. The van der Waals surface area contributed by atoms with Crippen LogP contribution >= 0.6 is 0 Å². The number of fused-ring (bicyclic) bond motifs is 1. The molecule has 1 N–H and O–H groups in total. The third-order valence-corrected chi connectivity index (χ3v) is 5.83. The van der Waals surface area contributed by atoms with Crippen molar-refractivity contribution in [2.75, 3.05) is 18.4 Å². The Kier molecular flexibility index (Phi) is 3.97. The van der Waals surface area contributed by atoms with Gasteiger partial charge in [0.25, 0.3) is 5.91 Å². The fourth-order valence-electron chi connectivity index (χ4n) is 4.16. The maximum Gasteiger partial charge on any atom is 0.259 e. The largest absolute Gasteiger partial charge is 0.362 e. The van der Waals surface area contributed by atoms with Crippen LogP contribution in [0.5, 0.6) is 0 Å². The predicted octanol–water partition coefficient (Wildman–Crippen LogP) is 2.92. The van der Waals surface area contributed by atoms with Crippen molar-refractivity contribution in [1.29, 1.82) is 0 Å². The van der Waals surface area contributed by atoms with Crippen LogP contribution in [0.2, 0.25) is 0 Å². The van der Waals surface area contributed by atoms with Crippen LogP contribution in [-0.4, -0.2) is 44.6 Å². The summed E-state index contributed by atoms with van der Waals surface area (Å²) in [6.07, 6.45) is 3.79. The van der Waals surface area contributed by atoms with E-state index in [4.69, 9.17) is 4.52 Å². The van der Waals surface area contributed by atoms with Crippen molar-refractivity contribution in [3.63, 3.8) is 0 Å². The molecule has 1 saturated heterocycles. The molecule has 7 nitrogen and oxygen atoms in total. The first-order valence-corrected chi connectivity index (χ1v) is 9.22. The lowest BCUT2D eigenvalue weighted by Gasteiger charge is -2.44. The van der Waals surface area contributed by atoms with Crippen molar-refractivity contribution >= 4 is 11.7 Å². The molecule has 26 heavy (non-hydrogen) atoms. The Morgan fingerprint density at radius 2 is 2.19 bits per heavy atom. The van der Waals surface area contributed by atoms with Gasteiger partial charge in [0.05, 0.1) is 11.2 Å². The molecule has 138 valence electrons. The molecule has 0 aromatic carbocycles. The molecule has 2 fully saturated rings. The first-order chi connectivity index (χ1) is 12.4. The predicted molar refractivity (Wildman–Crippen MR) is 97.1 cm³/mol. The number of anilines is 1. The maximum absolute atomic E-state index is 13.0. The molecule has 1 saturated carbocycles. The molecular weight excluding hydrogens is 330 g/mol. The molecule has 7 heteroatoms. The highest BCUT2D eigenvalue weighted by Crippen LogP contribution is 2.47. The number of hydrogen-bond donors (Lipinski definition) is 1. The number of nitrogens with one attached hydrogen (secondary N) is 1. The summed E-state index contributed by atoms with van der Waals surface area (Å²) in [6, 6.07) is 2.02. The van der Waals surface area contributed by atoms with Crippen molar-refractivity contribution in [3.8, 4) is 0 Å². The summed E-state index contributed by atoms with van der Waals surface area (Å²) in [6.45, 7) is 9.29. The van der Waals surface area contributed by atoms with Crippen LogP contribution in [0.25, 0.3) is 0 Å². The molecular formula is C19H25N5O2. The molecule has 3 heterocycles. The topological polar surface area (TPSA) is 84.2 Å². The van der Waals surface area contributed by atoms with E-state index in [-0.39, 0.29) is 11.4 Å². The third kappa shape index (κ3) is 2.66. The first kappa shape index (κ1) is 17.0. The van der Waals surface area contributed by atoms with E-state index >= 15 is 0 Å². The van der Waals surface area contributed by atoms with Crippen molar-refractivity contribution in [2.24, 2.45) is 5.92 Å². The van der Waals surface area contributed by atoms with Gasteiger partial charge in [-0.2, -0.15) is 0 Å². The van der Waals surface area contributed by atoms with Crippen molar-refractivity contribution in [1.82, 2.24) is 20.0 Å². The standard InChI is InChI=1S/C19H25N5O2/c1-11(2)15-7-16(21-10-20-15)22-19-6-5-14(19)8-24(9-19)18(25)17-12(3)23-26-13(17)4/h7,10-11,14H,5-6,8-9H2,1-4H3,(H,20,21,22). The van der Waals surface area contributed by atoms with Gasteiger partial charge < -0.3 is 14.7 Å². The number of hydrogen-bond acceptors (Lipinski definition) is 6. The molecule has 2 aromatic heterocycles. The van der Waals surface area contributed by atoms with Crippen LogP contribution < -0.4 is 5.32 Å². The van der Waals surface area contributed by atoms with Gasteiger partial charge in [0.15, 0.2) is 0 Å². The van der Waals surface area contributed by atoms with Crippen LogP contribution in [-0.2, 0) is 0 Å². The Hall–Kier alpha value is -2.44. The molecule has 2 aromatic rings. The molecule has 4 rings (SSSR count). The fourth-order valence-corrected chi connectivity index (χ4v) is 4.16. The minimum atomic E-state index is -0.0861. The Morgan fingerprint density at radius 3 is 2.81 bits per heavy atom. The van der Waals surface area contributed by atoms with Gasteiger partial charge in [-0.1, -0.05) is 19.0 Å². The molecule has 1 amide bonds. The third-order valence-electron chi connectivity index (χ3n) is 5.83. The monoisotopic (exact) mass is 355 g/mol. The lowest BCUT2D eigenvalue weighted by Crippen LogP contribution is -2.53. The highest BCUT2D eigenvalue weighted by atomic mass is 16.5. The van der Waals surface area contributed by atoms with E-state index in [0.29, 0.717) is 35.4 Å². The van der Waals surface area contributed by atoms with E-state index in [1.54, 1.807) is 13.3 Å². The SMILES string of the molecule is Cc1noc(C)c1C(=O)N1CC2CCC2(Nc2cc(C(C)C)ncn2)C1. The summed E-state index contributed by atoms with van der Waals surface area (Å²) in [7, 11) is 0. The fraction of sp³-hybridized carbons (Fsp3) is 0.579. The highest BCUT2D eigenvalue weighted by Gasteiger charge is 2.54. The summed E-state index contributed by atoms with van der Waals surface area (Å²) >= 11 is 0. The normalized spacial score (nSPS) is 24.5. The average molecular weight is 355 g/mol. The molecule has 0 radical (unpaired) electrons. The van der Waals surface area contributed by atoms with Gasteiger partial charge in [0, 0.05) is 30.8 Å².